The lowest BCUT2D eigenvalue weighted by molar-refractivity contribution is 0.483. The summed E-state index contributed by atoms with van der Waals surface area (Å²) in [5, 5.41) is 2.20. The molecule has 15 heavy (non-hydrogen) atoms. The Kier molecular flexibility index (Phi) is 6.79. The monoisotopic (exact) mass is 338 g/mol. The zero-order chi connectivity index (χ0) is 11.1. The summed E-state index contributed by atoms with van der Waals surface area (Å²) in [6.07, 6.45) is 6.34. The van der Waals surface area contributed by atoms with Crippen LogP contribution >= 0.6 is 33.9 Å². The zero-order valence-corrected chi connectivity index (χ0v) is 12.1. The fraction of sp³-hybridized carbons (Fsp3) is 0.636. The van der Waals surface area contributed by atoms with Gasteiger partial charge < -0.3 is 0 Å². The highest BCUT2D eigenvalue weighted by Crippen LogP contribution is 2.25. The third-order valence-corrected chi connectivity index (χ3v) is 4.34. The third-order valence-electron chi connectivity index (χ3n) is 2.54. The minimum atomic E-state index is 0.335. The van der Waals surface area contributed by atoms with Crippen LogP contribution in [0.5, 0.6) is 0 Å². The molecule has 1 aromatic heterocycles. The average molecular weight is 338 g/mol. The minimum Gasteiger partial charge on any atom is -0.271 e. The summed E-state index contributed by atoms with van der Waals surface area (Å²) in [4.78, 5) is 0. The van der Waals surface area contributed by atoms with E-state index >= 15 is 0 Å². The van der Waals surface area contributed by atoms with Gasteiger partial charge in [0.2, 0.25) is 0 Å². The lowest BCUT2D eigenvalue weighted by atomic mass is 10.0. The quantitative estimate of drug-likeness (QED) is 0.343. The van der Waals surface area contributed by atoms with E-state index in [1.54, 1.807) is 11.3 Å². The molecule has 0 fully saturated rings. The lowest BCUT2D eigenvalue weighted by Gasteiger charge is -2.14. The Morgan fingerprint density at radius 1 is 1.47 bits per heavy atom. The van der Waals surface area contributed by atoms with Crippen molar-refractivity contribution in [2.45, 2.75) is 45.1 Å². The average Bonchev–Trinajstić information content (AvgIpc) is 2.65. The van der Waals surface area contributed by atoms with Crippen molar-refractivity contribution in [1.82, 2.24) is 5.43 Å². The summed E-state index contributed by atoms with van der Waals surface area (Å²) in [6.45, 7) is 2.24. The summed E-state index contributed by atoms with van der Waals surface area (Å²) in [7, 11) is 0. The van der Waals surface area contributed by atoms with E-state index in [1.165, 1.54) is 34.1 Å². The minimum absolute atomic E-state index is 0.335. The second-order valence-electron chi connectivity index (χ2n) is 3.75. The molecule has 86 valence electrons. The van der Waals surface area contributed by atoms with Crippen molar-refractivity contribution in [2.24, 2.45) is 5.84 Å². The van der Waals surface area contributed by atoms with Crippen LogP contribution in [0.3, 0.4) is 0 Å². The number of thiophene rings is 1. The number of rotatable bonds is 7. The fourth-order valence-corrected chi connectivity index (χ4v) is 3.05. The van der Waals surface area contributed by atoms with E-state index < -0.39 is 0 Å². The van der Waals surface area contributed by atoms with Gasteiger partial charge in [0.25, 0.3) is 0 Å². The molecule has 0 saturated carbocycles. The van der Waals surface area contributed by atoms with Gasteiger partial charge in [0.15, 0.2) is 0 Å². The molecule has 2 nitrogen and oxygen atoms in total. The van der Waals surface area contributed by atoms with Gasteiger partial charge in [-0.1, -0.05) is 32.6 Å². The molecule has 0 radical (unpaired) electrons. The Hall–Kier alpha value is 0.350. The molecule has 1 heterocycles. The van der Waals surface area contributed by atoms with E-state index in [2.05, 4.69) is 46.4 Å². The summed E-state index contributed by atoms with van der Waals surface area (Å²) in [6, 6.07) is 2.55. The molecule has 1 rings (SSSR count). The third kappa shape index (κ3) is 4.80. The molecule has 0 spiro atoms. The first-order valence-corrected chi connectivity index (χ1v) is 7.43. The molecule has 0 amide bonds. The van der Waals surface area contributed by atoms with Crippen molar-refractivity contribution in [1.29, 1.82) is 0 Å². The zero-order valence-electron chi connectivity index (χ0n) is 9.13. The lowest BCUT2D eigenvalue weighted by Crippen LogP contribution is -2.27. The summed E-state index contributed by atoms with van der Waals surface area (Å²) >= 11 is 4.13. The van der Waals surface area contributed by atoms with Crippen LogP contribution in [0.15, 0.2) is 11.4 Å². The van der Waals surface area contributed by atoms with E-state index in [4.69, 9.17) is 5.84 Å². The molecule has 0 aromatic carbocycles. The molecule has 0 saturated heterocycles. The number of unbranched alkanes of at least 4 members (excludes halogenated alkanes) is 3. The Morgan fingerprint density at radius 3 is 2.80 bits per heavy atom. The van der Waals surface area contributed by atoms with Crippen LogP contribution in [0.4, 0.5) is 0 Å². The first kappa shape index (κ1) is 13.4. The van der Waals surface area contributed by atoms with Crippen molar-refractivity contribution in [3.05, 3.63) is 19.9 Å². The second-order valence-corrected chi connectivity index (χ2v) is 6.56. The van der Waals surface area contributed by atoms with E-state index in [9.17, 15) is 0 Å². The summed E-state index contributed by atoms with van der Waals surface area (Å²) in [5.74, 6) is 5.58. The highest BCUT2D eigenvalue weighted by molar-refractivity contribution is 14.1. The van der Waals surface area contributed by atoms with Gasteiger partial charge in [-0.05, 0) is 46.0 Å². The highest BCUT2D eigenvalue weighted by atomic mass is 127. The maximum absolute atomic E-state index is 5.58. The van der Waals surface area contributed by atoms with Crippen LogP contribution in [0.2, 0.25) is 0 Å². The Bertz CT molecular complexity index is 275. The van der Waals surface area contributed by atoms with Gasteiger partial charge in [-0.2, -0.15) is 0 Å². The van der Waals surface area contributed by atoms with Gasteiger partial charge in [0.1, 0.15) is 0 Å². The van der Waals surface area contributed by atoms with Crippen LogP contribution in [0, 0.1) is 2.88 Å². The highest BCUT2D eigenvalue weighted by Gasteiger charge is 2.10. The molecule has 1 unspecified atom stereocenters. The number of nitrogens with two attached hydrogens (primary N) is 1. The Morgan fingerprint density at radius 2 is 2.27 bits per heavy atom. The van der Waals surface area contributed by atoms with Gasteiger partial charge in [0.05, 0.1) is 2.88 Å². The molecule has 0 aliphatic rings. The van der Waals surface area contributed by atoms with E-state index in [1.807, 2.05) is 0 Å². The smallest absolute Gasteiger partial charge is 0.0656 e. The van der Waals surface area contributed by atoms with Crippen molar-refractivity contribution in [2.75, 3.05) is 0 Å². The fourth-order valence-electron chi connectivity index (χ4n) is 1.63. The molecule has 0 aliphatic carbocycles. The molecular formula is C11H19IN2S. The topological polar surface area (TPSA) is 38.0 Å². The van der Waals surface area contributed by atoms with Crippen molar-refractivity contribution >= 4 is 33.9 Å². The normalized spacial score (nSPS) is 13.0. The predicted octanol–water partition coefficient (Wildman–Crippen LogP) is 3.83. The van der Waals surface area contributed by atoms with Crippen molar-refractivity contribution < 1.29 is 0 Å². The Labute approximate surface area is 110 Å². The van der Waals surface area contributed by atoms with Crippen molar-refractivity contribution in [3.63, 3.8) is 0 Å². The van der Waals surface area contributed by atoms with Crippen LogP contribution in [0.25, 0.3) is 0 Å². The second kappa shape index (κ2) is 7.60. The first-order valence-electron chi connectivity index (χ1n) is 5.48. The maximum atomic E-state index is 5.58. The van der Waals surface area contributed by atoms with Gasteiger partial charge in [-0.25, -0.2) is 0 Å². The number of hydrogen-bond donors (Lipinski definition) is 2. The molecule has 1 aromatic rings. The molecular weight excluding hydrogens is 319 g/mol. The van der Waals surface area contributed by atoms with E-state index in [0.717, 1.165) is 6.42 Å². The van der Waals surface area contributed by atoms with E-state index in [-0.39, 0.29) is 0 Å². The van der Waals surface area contributed by atoms with Gasteiger partial charge in [-0.3, -0.25) is 11.3 Å². The van der Waals surface area contributed by atoms with Crippen LogP contribution in [-0.4, -0.2) is 0 Å². The van der Waals surface area contributed by atoms with Gasteiger partial charge in [-0.15, -0.1) is 11.3 Å². The number of hydrogen-bond acceptors (Lipinski definition) is 3. The molecule has 3 N–H and O–H groups in total. The largest absolute Gasteiger partial charge is 0.271 e. The Balaban J connectivity index is 2.35. The molecule has 0 aliphatic heterocycles. The molecule has 4 heteroatoms. The number of hydrazine groups is 1. The maximum Gasteiger partial charge on any atom is 0.0656 e. The van der Waals surface area contributed by atoms with Gasteiger partial charge >= 0.3 is 0 Å². The summed E-state index contributed by atoms with van der Waals surface area (Å²) < 4.78 is 1.33. The van der Waals surface area contributed by atoms with E-state index in [0.29, 0.717) is 6.04 Å². The first-order chi connectivity index (χ1) is 7.27. The standard InChI is InChI=1S/C11H19IN2S/c1-2-3-4-5-6-10(14-13)9-7-11(12)15-8-9/h7-8,10,14H,2-6,13H2,1H3. The van der Waals surface area contributed by atoms with Crippen LogP contribution < -0.4 is 11.3 Å². The SMILES string of the molecule is CCCCCCC(NN)c1csc(I)c1. The number of nitrogens with one attached hydrogen (secondary N) is 1. The predicted molar refractivity (Wildman–Crippen MR) is 75.9 cm³/mol. The molecule has 0 bridgehead atoms. The number of halogens is 1. The van der Waals surface area contributed by atoms with Crippen LogP contribution in [-0.2, 0) is 0 Å². The van der Waals surface area contributed by atoms with Gasteiger partial charge in [0, 0.05) is 6.04 Å². The molecule has 1 atom stereocenters. The summed E-state index contributed by atoms with van der Waals surface area (Å²) in [5.41, 5.74) is 4.25. The van der Waals surface area contributed by atoms with Crippen LogP contribution in [0.1, 0.15) is 50.6 Å². The van der Waals surface area contributed by atoms with Crippen molar-refractivity contribution in [3.8, 4) is 0 Å².